The Morgan fingerprint density at radius 2 is 2.26 bits per heavy atom. The fourth-order valence-corrected chi connectivity index (χ4v) is 2.67. The van der Waals surface area contributed by atoms with Crippen molar-refractivity contribution in [1.29, 1.82) is 0 Å². The van der Waals surface area contributed by atoms with E-state index in [1.165, 1.54) is 0 Å². The number of rotatable bonds is 7. The summed E-state index contributed by atoms with van der Waals surface area (Å²) < 4.78 is 14.8. The summed E-state index contributed by atoms with van der Waals surface area (Å²) in [5.41, 5.74) is 3.26. The Bertz CT molecular complexity index is 1010. The van der Waals surface area contributed by atoms with E-state index in [9.17, 15) is 9.18 Å². The van der Waals surface area contributed by atoms with Crippen molar-refractivity contribution in [3.05, 3.63) is 72.7 Å². The Kier molecular flexibility index (Phi) is 5.61. The molecule has 1 amide bonds. The lowest BCUT2D eigenvalue weighted by molar-refractivity contribution is 0.0949. The number of halogens is 1. The minimum Gasteiger partial charge on any atom is -0.347 e. The van der Waals surface area contributed by atoms with Crippen LogP contribution in [0.5, 0.6) is 0 Å². The van der Waals surface area contributed by atoms with E-state index in [1.807, 2.05) is 12.1 Å². The lowest BCUT2D eigenvalue weighted by Crippen LogP contribution is -2.27. The molecule has 0 spiro atoms. The van der Waals surface area contributed by atoms with Gasteiger partial charge in [-0.05, 0) is 23.8 Å². The number of fused-ring (bicyclic) bond motifs is 1. The molecule has 3 aromatic rings. The third kappa shape index (κ3) is 4.03. The fraction of sp³-hybridized carbons (Fsp3) is 0.150. The number of alkyl halides is 1. The molecule has 0 atom stereocenters. The third-order valence-corrected chi connectivity index (χ3v) is 4.13. The van der Waals surface area contributed by atoms with Crippen molar-refractivity contribution >= 4 is 16.9 Å². The summed E-state index contributed by atoms with van der Waals surface area (Å²) in [6.45, 7) is 3.06. The summed E-state index contributed by atoms with van der Waals surface area (Å²) in [6.07, 6.45) is 10.1. The fourth-order valence-electron chi connectivity index (χ4n) is 2.67. The molecular formula is C20H20FN5O. The van der Waals surface area contributed by atoms with E-state index in [0.29, 0.717) is 16.9 Å². The Morgan fingerprint density at radius 3 is 2.96 bits per heavy atom. The third-order valence-electron chi connectivity index (χ3n) is 4.13. The topological polar surface area (TPSA) is 75.6 Å². The van der Waals surface area contributed by atoms with Gasteiger partial charge < -0.3 is 9.88 Å². The smallest absolute Gasteiger partial charge is 0.268 e. The van der Waals surface area contributed by atoms with Gasteiger partial charge in [-0.15, -0.1) is 0 Å². The average Bonchev–Trinajstić information content (AvgIpc) is 3.33. The molecule has 6 nitrogen and oxygen atoms in total. The number of hydrogen-bond acceptors (Lipinski definition) is 3. The molecule has 0 unspecified atom stereocenters. The normalized spacial score (nSPS) is 12.0. The number of nitrogens with one attached hydrogen (secondary N) is 2. The maximum absolute atomic E-state index is 13.1. The number of nitrogens with zero attached hydrogens (tertiary/aromatic N) is 3. The largest absolute Gasteiger partial charge is 0.347 e. The van der Waals surface area contributed by atoms with Crippen LogP contribution in [0.4, 0.5) is 4.39 Å². The molecule has 3 heterocycles. The van der Waals surface area contributed by atoms with E-state index in [4.69, 9.17) is 0 Å². The van der Waals surface area contributed by atoms with Gasteiger partial charge in [-0.2, -0.15) is 5.10 Å². The van der Waals surface area contributed by atoms with E-state index in [-0.39, 0.29) is 12.5 Å². The van der Waals surface area contributed by atoms with Gasteiger partial charge in [-0.1, -0.05) is 30.9 Å². The van der Waals surface area contributed by atoms with Crippen LogP contribution in [0.2, 0.25) is 0 Å². The van der Waals surface area contributed by atoms with Crippen LogP contribution in [0.1, 0.15) is 10.5 Å². The number of allylic oxidation sites excluding steroid dienone is 4. The molecule has 0 bridgehead atoms. The quantitative estimate of drug-likeness (QED) is 0.631. The molecule has 27 heavy (non-hydrogen) atoms. The standard InChI is InChI=1S/C20H20FN5O/c1-3-4-5-6-14(10-21)11-22-20(27)18-9-15-7-8-17(16-12-23-24-13-16)25-19(15)26(18)2/h3-9,12-13H,1,10-11H2,2H3,(H,22,27)(H,23,24)/b5-4-,14-6+. The Labute approximate surface area is 156 Å². The summed E-state index contributed by atoms with van der Waals surface area (Å²) in [5, 5.41) is 10.3. The van der Waals surface area contributed by atoms with Gasteiger partial charge in [0.25, 0.3) is 5.91 Å². The molecule has 0 aliphatic heterocycles. The van der Waals surface area contributed by atoms with Crippen LogP contribution in [0.3, 0.4) is 0 Å². The summed E-state index contributed by atoms with van der Waals surface area (Å²) >= 11 is 0. The SMILES string of the molecule is C=C/C=C\C=C(/CF)CNC(=O)c1cc2ccc(-c3cn[nH]c3)nc2n1C. The van der Waals surface area contributed by atoms with Gasteiger partial charge in [-0.25, -0.2) is 9.37 Å². The molecule has 0 saturated carbocycles. The molecule has 7 heteroatoms. The van der Waals surface area contributed by atoms with Crippen molar-refractivity contribution in [2.24, 2.45) is 7.05 Å². The maximum atomic E-state index is 13.1. The first-order valence-corrected chi connectivity index (χ1v) is 8.41. The molecule has 3 rings (SSSR count). The highest BCUT2D eigenvalue weighted by Gasteiger charge is 2.15. The molecule has 0 aliphatic carbocycles. The Balaban J connectivity index is 1.80. The van der Waals surface area contributed by atoms with Crippen molar-refractivity contribution in [3.8, 4) is 11.3 Å². The van der Waals surface area contributed by atoms with Gasteiger partial charge in [0.2, 0.25) is 0 Å². The van der Waals surface area contributed by atoms with Crippen LogP contribution in [-0.4, -0.2) is 38.9 Å². The molecule has 0 aromatic carbocycles. The number of H-pyrrole nitrogens is 1. The highest BCUT2D eigenvalue weighted by molar-refractivity contribution is 5.98. The van der Waals surface area contributed by atoms with Crippen LogP contribution in [0, 0.1) is 0 Å². The van der Waals surface area contributed by atoms with Crippen molar-refractivity contribution in [3.63, 3.8) is 0 Å². The number of carbonyl (C=O) groups excluding carboxylic acids is 1. The molecular weight excluding hydrogens is 345 g/mol. The predicted molar refractivity (Wildman–Crippen MR) is 104 cm³/mol. The minimum absolute atomic E-state index is 0.131. The van der Waals surface area contributed by atoms with Crippen LogP contribution in [0.15, 0.2) is 67.0 Å². The first-order valence-electron chi connectivity index (χ1n) is 8.41. The number of carbonyl (C=O) groups is 1. The average molecular weight is 365 g/mol. The van der Waals surface area contributed by atoms with Crippen molar-refractivity contribution in [1.82, 2.24) is 25.1 Å². The molecule has 3 aromatic heterocycles. The second-order valence-corrected chi connectivity index (χ2v) is 5.95. The van der Waals surface area contributed by atoms with Crippen molar-refractivity contribution in [2.45, 2.75) is 0 Å². The second kappa shape index (κ2) is 8.27. The Hall–Kier alpha value is -3.48. The van der Waals surface area contributed by atoms with Gasteiger partial charge in [-0.3, -0.25) is 9.89 Å². The number of aromatic nitrogens is 4. The van der Waals surface area contributed by atoms with Crippen LogP contribution in [-0.2, 0) is 7.05 Å². The van der Waals surface area contributed by atoms with Crippen LogP contribution >= 0.6 is 0 Å². The van der Waals surface area contributed by atoms with Gasteiger partial charge in [0, 0.05) is 30.7 Å². The first-order chi connectivity index (χ1) is 13.1. The Morgan fingerprint density at radius 1 is 1.41 bits per heavy atom. The zero-order valence-electron chi connectivity index (χ0n) is 14.9. The number of amides is 1. The van der Waals surface area contributed by atoms with E-state index in [1.54, 1.807) is 54.4 Å². The highest BCUT2D eigenvalue weighted by Crippen LogP contribution is 2.22. The van der Waals surface area contributed by atoms with Gasteiger partial charge >= 0.3 is 0 Å². The molecule has 0 fully saturated rings. The summed E-state index contributed by atoms with van der Waals surface area (Å²) in [6, 6.07) is 5.56. The second-order valence-electron chi connectivity index (χ2n) is 5.95. The predicted octanol–water partition coefficient (Wildman–Crippen LogP) is 3.33. The highest BCUT2D eigenvalue weighted by atomic mass is 19.1. The molecule has 0 radical (unpaired) electrons. The first kappa shape index (κ1) is 18.3. The van der Waals surface area contributed by atoms with Crippen molar-refractivity contribution < 1.29 is 9.18 Å². The lowest BCUT2D eigenvalue weighted by atomic mass is 10.2. The van der Waals surface area contributed by atoms with E-state index in [2.05, 4.69) is 27.1 Å². The molecule has 0 saturated heterocycles. The van der Waals surface area contributed by atoms with Gasteiger partial charge in [0.15, 0.2) is 0 Å². The summed E-state index contributed by atoms with van der Waals surface area (Å²) in [7, 11) is 1.78. The van der Waals surface area contributed by atoms with Gasteiger partial charge in [0.1, 0.15) is 18.0 Å². The maximum Gasteiger partial charge on any atom is 0.268 e. The minimum atomic E-state index is -0.632. The zero-order chi connectivity index (χ0) is 19.2. The van der Waals surface area contributed by atoms with Crippen LogP contribution < -0.4 is 5.32 Å². The number of aryl methyl sites for hydroxylation is 1. The number of hydrogen-bond donors (Lipinski definition) is 2. The van der Waals surface area contributed by atoms with E-state index >= 15 is 0 Å². The number of aromatic amines is 1. The number of pyridine rings is 1. The lowest BCUT2D eigenvalue weighted by Gasteiger charge is -2.07. The van der Waals surface area contributed by atoms with Crippen molar-refractivity contribution in [2.75, 3.05) is 13.2 Å². The monoisotopic (exact) mass is 365 g/mol. The molecule has 2 N–H and O–H groups in total. The summed E-state index contributed by atoms with van der Waals surface area (Å²) in [5.74, 6) is -0.285. The zero-order valence-corrected chi connectivity index (χ0v) is 14.9. The van der Waals surface area contributed by atoms with E-state index < -0.39 is 6.67 Å². The summed E-state index contributed by atoms with van der Waals surface area (Å²) in [4.78, 5) is 17.2. The molecule has 138 valence electrons. The van der Waals surface area contributed by atoms with Crippen LogP contribution in [0.25, 0.3) is 22.3 Å². The van der Waals surface area contributed by atoms with Gasteiger partial charge in [0.05, 0.1) is 11.9 Å². The molecule has 0 aliphatic rings. The van der Waals surface area contributed by atoms with E-state index in [0.717, 1.165) is 16.6 Å².